The van der Waals surface area contributed by atoms with Gasteiger partial charge in [-0.1, -0.05) is 24.5 Å². The Morgan fingerprint density at radius 3 is 2.68 bits per heavy atom. The zero-order chi connectivity index (χ0) is 12.6. The molecule has 0 aromatic rings. The van der Waals surface area contributed by atoms with Gasteiger partial charge in [-0.25, -0.2) is 0 Å². The fourth-order valence-corrected chi connectivity index (χ4v) is 2.93. The molecule has 2 rings (SSSR count). The highest BCUT2D eigenvalue weighted by Crippen LogP contribution is 2.19. The molecule has 1 fully saturated rings. The van der Waals surface area contributed by atoms with Crippen LogP contribution in [0.5, 0.6) is 0 Å². The Balaban J connectivity index is 0.00000180. The van der Waals surface area contributed by atoms with E-state index in [-0.39, 0.29) is 24.0 Å². The van der Waals surface area contributed by atoms with Crippen molar-refractivity contribution in [3.63, 3.8) is 0 Å². The summed E-state index contributed by atoms with van der Waals surface area (Å²) >= 11 is 0. The molecule has 0 aromatic heterocycles. The van der Waals surface area contributed by atoms with E-state index < -0.39 is 0 Å². The molecule has 0 radical (unpaired) electrons. The van der Waals surface area contributed by atoms with E-state index in [2.05, 4.69) is 21.7 Å². The van der Waals surface area contributed by atoms with Crippen molar-refractivity contribution in [2.45, 2.75) is 63.8 Å². The Kier molecular flexibility index (Phi) is 8.50. The molecule has 0 aromatic carbocycles. The number of hydrogen-bond donors (Lipinski definition) is 2. The number of nitrogens with one attached hydrogen (secondary N) is 2. The predicted octanol–water partition coefficient (Wildman–Crippen LogP) is 3.60. The largest absolute Gasteiger partial charge is 0.356 e. The highest BCUT2D eigenvalue weighted by atomic mass is 127. The maximum Gasteiger partial charge on any atom is 0.191 e. The van der Waals surface area contributed by atoms with E-state index in [9.17, 15) is 0 Å². The summed E-state index contributed by atoms with van der Waals surface area (Å²) in [6, 6.07) is 0.644. The van der Waals surface area contributed by atoms with Gasteiger partial charge in [-0.15, -0.1) is 24.0 Å². The van der Waals surface area contributed by atoms with Gasteiger partial charge in [0.25, 0.3) is 0 Å². The van der Waals surface area contributed by atoms with Crippen LogP contribution in [0, 0.1) is 0 Å². The average molecular weight is 377 g/mol. The maximum absolute atomic E-state index is 4.31. The first-order valence-corrected chi connectivity index (χ1v) is 7.53. The van der Waals surface area contributed by atoms with Crippen molar-refractivity contribution in [2.75, 3.05) is 13.6 Å². The van der Waals surface area contributed by atoms with E-state index in [1.807, 2.05) is 7.05 Å². The lowest BCUT2D eigenvalue weighted by Crippen LogP contribution is -2.42. The normalized spacial score (nSPS) is 20.7. The maximum atomic E-state index is 4.31. The number of hydrogen-bond acceptors (Lipinski definition) is 1. The fourth-order valence-electron chi connectivity index (χ4n) is 2.93. The van der Waals surface area contributed by atoms with E-state index >= 15 is 0 Å². The third kappa shape index (κ3) is 6.15. The molecule has 2 aliphatic carbocycles. The molecule has 4 heteroatoms. The van der Waals surface area contributed by atoms with Crippen LogP contribution in [0.4, 0.5) is 0 Å². The van der Waals surface area contributed by atoms with Gasteiger partial charge in [-0.05, 0) is 44.9 Å². The van der Waals surface area contributed by atoms with Crippen LogP contribution in [0.15, 0.2) is 16.6 Å². The van der Waals surface area contributed by atoms with Crippen molar-refractivity contribution < 1.29 is 0 Å². The zero-order valence-electron chi connectivity index (χ0n) is 12.1. The third-order valence-electron chi connectivity index (χ3n) is 4.04. The molecule has 19 heavy (non-hydrogen) atoms. The molecule has 3 nitrogen and oxygen atoms in total. The monoisotopic (exact) mass is 377 g/mol. The van der Waals surface area contributed by atoms with Crippen molar-refractivity contribution in [2.24, 2.45) is 4.99 Å². The molecular formula is C15H28IN3. The van der Waals surface area contributed by atoms with Gasteiger partial charge >= 0.3 is 0 Å². The van der Waals surface area contributed by atoms with E-state index in [0.717, 1.165) is 12.5 Å². The van der Waals surface area contributed by atoms with Crippen molar-refractivity contribution in [1.29, 1.82) is 0 Å². The number of nitrogens with zero attached hydrogens (tertiary/aromatic N) is 1. The third-order valence-corrected chi connectivity index (χ3v) is 4.04. The number of allylic oxidation sites excluding steroid dienone is 1. The lowest BCUT2D eigenvalue weighted by Gasteiger charge is -2.18. The van der Waals surface area contributed by atoms with Gasteiger partial charge < -0.3 is 10.6 Å². The van der Waals surface area contributed by atoms with Crippen molar-refractivity contribution in [3.05, 3.63) is 11.6 Å². The average Bonchev–Trinajstić information content (AvgIpc) is 2.92. The van der Waals surface area contributed by atoms with Crippen molar-refractivity contribution in [1.82, 2.24) is 10.6 Å². The first kappa shape index (κ1) is 16.8. The van der Waals surface area contributed by atoms with Crippen LogP contribution in [0.1, 0.15) is 57.8 Å². The Hall–Kier alpha value is -0.260. The standard InChI is InChI=1S/C15H27N3.HI/c1-16-15(18-14-9-5-6-10-14)17-12-11-13-7-3-2-4-8-13;/h7,14H,2-6,8-12H2,1H3,(H2,16,17,18);1H. The van der Waals surface area contributed by atoms with Gasteiger partial charge in [0.2, 0.25) is 0 Å². The lowest BCUT2D eigenvalue weighted by atomic mass is 9.97. The van der Waals surface area contributed by atoms with Crippen LogP contribution >= 0.6 is 24.0 Å². The topological polar surface area (TPSA) is 36.4 Å². The van der Waals surface area contributed by atoms with Crippen LogP contribution in [-0.4, -0.2) is 25.6 Å². The van der Waals surface area contributed by atoms with Crippen LogP contribution in [0.3, 0.4) is 0 Å². The molecule has 1 saturated carbocycles. The molecular weight excluding hydrogens is 349 g/mol. The zero-order valence-corrected chi connectivity index (χ0v) is 14.4. The molecule has 2 aliphatic rings. The highest BCUT2D eigenvalue weighted by Gasteiger charge is 2.15. The van der Waals surface area contributed by atoms with Crippen molar-refractivity contribution >= 4 is 29.9 Å². The Morgan fingerprint density at radius 1 is 1.26 bits per heavy atom. The first-order valence-electron chi connectivity index (χ1n) is 7.53. The van der Waals surface area contributed by atoms with Gasteiger partial charge in [0.1, 0.15) is 0 Å². The predicted molar refractivity (Wildman–Crippen MR) is 93.3 cm³/mol. The van der Waals surface area contributed by atoms with Gasteiger partial charge in [-0.3, -0.25) is 4.99 Å². The van der Waals surface area contributed by atoms with Gasteiger partial charge in [-0.2, -0.15) is 0 Å². The number of rotatable bonds is 4. The van der Waals surface area contributed by atoms with E-state index in [0.29, 0.717) is 6.04 Å². The molecule has 0 spiro atoms. The summed E-state index contributed by atoms with van der Waals surface area (Å²) in [5.41, 5.74) is 1.63. The van der Waals surface area contributed by atoms with Crippen LogP contribution < -0.4 is 10.6 Å². The second-order valence-electron chi connectivity index (χ2n) is 5.48. The fraction of sp³-hybridized carbons (Fsp3) is 0.800. The van der Waals surface area contributed by atoms with Crippen LogP contribution in [-0.2, 0) is 0 Å². The summed E-state index contributed by atoms with van der Waals surface area (Å²) in [4.78, 5) is 4.31. The van der Waals surface area contributed by atoms with E-state index in [1.165, 1.54) is 57.8 Å². The molecule has 2 N–H and O–H groups in total. The molecule has 0 atom stereocenters. The molecule has 0 amide bonds. The molecule has 110 valence electrons. The smallest absolute Gasteiger partial charge is 0.191 e. The Bertz CT molecular complexity index is 307. The Morgan fingerprint density at radius 2 is 2.05 bits per heavy atom. The van der Waals surface area contributed by atoms with Crippen LogP contribution in [0.2, 0.25) is 0 Å². The van der Waals surface area contributed by atoms with Crippen LogP contribution in [0.25, 0.3) is 0 Å². The molecule has 0 bridgehead atoms. The number of halogens is 1. The summed E-state index contributed by atoms with van der Waals surface area (Å²) in [7, 11) is 1.87. The van der Waals surface area contributed by atoms with Gasteiger partial charge in [0.15, 0.2) is 5.96 Å². The quantitative estimate of drug-likeness (QED) is 0.340. The van der Waals surface area contributed by atoms with Gasteiger partial charge in [0.05, 0.1) is 0 Å². The molecule has 0 saturated heterocycles. The van der Waals surface area contributed by atoms with Crippen molar-refractivity contribution in [3.8, 4) is 0 Å². The van der Waals surface area contributed by atoms with E-state index in [4.69, 9.17) is 0 Å². The minimum absolute atomic E-state index is 0. The molecule has 0 heterocycles. The minimum atomic E-state index is 0. The Labute approximate surface area is 134 Å². The first-order chi connectivity index (χ1) is 8.88. The second-order valence-corrected chi connectivity index (χ2v) is 5.48. The lowest BCUT2D eigenvalue weighted by molar-refractivity contribution is 0.610. The molecule has 0 aliphatic heterocycles. The second kappa shape index (κ2) is 9.61. The van der Waals surface area contributed by atoms with Gasteiger partial charge in [0, 0.05) is 19.6 Å². The molecule has 0 unspecified atom stereocenters. The summed E-state index contributed by atoms with van der Waals surface area (Å²) < 4.78 is 0. The summed E-state index contributed by atoms with van der Waals surface area (Å²) in [6.45, 7) is 1.01. The number of aliphatic imine (C=N–C) groups is 1. The highest BCUT2D eigenvalue weighted by molar-refractivity contribution is 14.0. The summed E-state index contributed by atoms with van der Waals surface area (Å²) in [5, 5.41) is 6.96. The number of guanidine groups is 1. The van der Waals surface area contributed by atoms with E-state index in [1.54, 1.807) is 5.57 Å². The summed E-state index contributed by atoms with van der Waals surface area (Å²) in [6.07, 6.45) is 14.3. The minimum Gasteiger partial charge on any atom is -0.356 e. The SMILES string of the molecule is CN=C(NCCC1=CCCCC1)NC1CCCC1.I. The summed E-state index contributed by atoms with van der Waals surface area (Å²) in [5.74, 6) is 0.985.